The normalized spacial score (nSPS) is 11.4. The highest BCUT2D eigenvalue weighted by molar-refractivity contribution is 5.62. The summed E-state index contributed by atoms with van der Waals surface area (Å²) in [6.07, 6.45) is -3.95. The Morgan fingerprint density at radius 2 is 1.87 bits per heavy atom. The van der Waals surface area contributed by atoms with E-state index in [1.165, 1.54) is 0 Å². The second-order valence-corrected chi connectivity index (χ2v) is 4.90. The minimum absolute atomic E-state index is 0.0188. The van der Waals surface area contributed by atoms with Crippen LogP contribution in [-0.4, -0.2) is 23.2 Å². The molecule has 1 heterocycles. The third-order valence-corrected chi connectivity index (χ3v) is 2.75. The van der Waals surface area contributed by atoms with Crippen LogP contribution in [0.1, 0.15) is 19.4 Å². The van der Waals surface area contributed by atoms with Crippen molar-refractivity contribution in [1.29, 1.82) is 0 Å². The minimum Gasteiger partial charge on any atom is -0.489 e. The molecule has 1 aromatic heterocycles. The maximum atomic E-state index is 12.8. The average molecular weight is 327 g/mol. The van der Waals surface area contributed by atoms with Crippen LogP contribution < -0.4 is 14.8 Å². The SMILES string of the molecule is COc1nc(Nc2ccccc2OC(C)C)ncc1C(F)(F)F. The lowest BCUT2D eigenvalue weighted by Crippen LogP contribution is -2.11. The topological polar surface area (TPSA) is 56.3 Å². The van der Waals surface area contributed by atoms with Gasteiger partial charge in [-0.15, -0.1) is 0 Å². The summed E-state index contributed by atoms with van der Waals surface area (Å²) in [7, 11) is 1.12. The number of anilines is 2. The molecule has 0 aliphatic carbocycles. The fourth-order valence-corrected chi connectivity index (χ4v) is 1.82. The second-order valence-electron chi connectivity index (χ2n) is 4.90. The van der Waals surface area contributed by atoms with E-state index in [0.717, 1.165) is 7.11 Å². The zero-order chi connectivity index (χ0) is 17.0. The van der Waals surface area contributed by atoms with E-state index in [1.54, 1.807) is 24.3 Å². The predicted molar refractivity (Wildman–Crippen MR) is 79.1 cm³/mol. The number of nitrogens with zero attached hydrogens (tertiary/aromatic N) is 2. The highest BCUT2D eigenvalue weighted by atomic mass is 19.4. The summed E-state index contributed by atoms with van der Waals surface area (Å²) in [4.78, 5) is 7.44. The van der Waals surface area contributed by atoms with Gasteiger partial charge in [-0.25, -0.2) is 4.98 Å². The second kappa shape index (κ2) is 6.72. The van der Waals surface area contributed by atoms with Gasteiger partial charge in [-0.2, -0.15) is 18.2 Å². The molecule has 0 aliphatic rings. The van der Waals surface area contributed by atoms with E-state index < -0.39 is 17.6 Å². The number of hydrogen-bond donors (Lipinski definition) is 1. The maximum absolute atomic E-state index is 12.8. The standard InChI is InChI=1S/C15H16F3N3O2/c1-9(2)23-12-7-5-4-6-11(12)20-14-19-8-10(15(16,17)18)13(21-14)22-3/h4-9H,1-3H3,(H,19,20,21). The largest absolute Gasteiger partial charge is 0.489 e. The summed E-state index contributed by atoms with van der Waals surface area (Å²) in [5, 5.41) is 2.84. The molecule has 0 spiro atoms. The van der Waals surface area contributed by atoms with E-state index >= 15 is 0 Å². The molecule has 2 aromatic rings. The first kappa shape index (κ1) is 16.9. The first-order valence-corrected chi connectivity index (χ1v) is 6.82. The van der Waals surface area contributed by atoms with Crippen LogP contribution in [0.15, 0.2) is 30.5 Å². The van der Waals surface area contributed by atoms with Crippen LogP contribution in [0.2, 0.25) is 0 Å². The van der Waals surface area contributed by atoms with Crippen molar-refractivity contribution in [3.63, 3.8) is 0 Å². The Kier molecular flexibility index (Phi) is 4.92. The van der Waals surface area contributed by atoms with E-state index in [-0.39, 0.29) is 12.1 Å². The number of rotatable bonds is 5. The van der Waals surface area contributed by atoms with Gasteiger partial charge >= 0.3 is 6.18 Å². The number of ether oxygens (including phenoxy) is 2. The van der Waals surface area contributed by atoms with Crippen molar-refractivity contribution >= 4 is 11.6 Å². The lowest BCUT2D eigenvalue weighted by Gasteiger charge is -2.15. The molecule has 1 aromatic carbocycles. The molecule has 1 N–H and O–H groups in total. The van der Waals surface area contributed by atoms with Gasteiger partial charge in [-0.3, -0.25) is 0 Å². The molecular weight excluding hydrogens is 311 g/mol. The maximum Gasteiger partial charge on any atom is 0.423 e. The molecule has 124 valence electrons. The van der Waals surface area contributed by atoms with Crippen molar-refractivity contribution in [2.45, 2.75) is 26.1 Å². The molecular formula is C15H16F3N3O2. The highest BCUT2D eigenvalue weighted by Crippen LogP contribution is 2.35. The Morgan fingerprint density at radius 3 is 2.48 bits per heavy atom. The van der Waals surface area contributed by atoms with Gasteiger partial charge in [-0.1, -0.05) is 12.1 Å². The Labute approximate surface area is 131 Å². The van der Waals surface area contributed by atoms with Crippen LogP contribution in [0.25, 0.3) is 0 Å². The van der Waals surface area contributed by atoms with Crippen LogP contribution in [-0.2, 0) is 6.18 Å². The molecule has 0 atom stereocenters. The van der Waals surface area contributed by atoms with Gasteiger partial charge in [0.1, 0.15) is 11.3 Å². The third kappa shape index (κ3) is 4.24. The first-order valence-electron chi connectivity index (χ1n) is 6.82. The third-order valence-electron chi connectivity index (χ3n) is 2.75. The summed E-state index contributed by atoms with van der Waals surface area (Å²) in [6.45, 7) is 3.74. The van der Waals surface area contributed by atoms with Crippen molar-refractivity contribution in [2.24, 2.45) is 0 Å². The number of benzene rings is 1. The molecule has 5 nitrogen and oxygen atoms in total. The average Bonchev–Trinajstić information content (AvgIpc) is 2.47. The number of halogens is 3. The smallest absolute Gasteiger partial charge is 0.423 e. The van der Waals surface area contributed by atoms with Gasteiger partial charge in [-0.05, 0) is 26.0 Å². The van der Waals surface area contributed by atoms with E-state index in [9.17, 15) is 13.2 Å². The van der Waals surface area contributed by atoms with Gasteiger partial charge in [0.25, 0.3) is 0 Å². The van der Waals surface area contributed by atoms with Crippen LogP contribution in [0.4, 0.5) is 24.8 Å². The molecule has 2 rings (SSSR count). The van der Waals surface area contributed by atoms with Gasteiger partial charge in [0.15, 0.2) is 0 Å². The van der Waals surface area contributed by atoms with E-state index in [2.05, 4.69) is 15.3 Å². The van der Waals surface area contributed by atoms with Crippen LogP contribution in [0.5, 0.6) is 11.6 Å². The number of alkyl halides is 3. The lowest BCUT2D eigenvalue weighted by atomic mass is 10.3. The molecule has 8 heteroatoms. The number of nitrogens with one attached hydrogen (secondary N) is 1. The number of aromatic nitrogens is 2. The van der Waals surface area contributed by atoms with E-state index in [0.29, 0.717) is 17.6 Å². The molecule has 0 unspecified atom stereocenters. The summed E-state index contributed by atoms with van der Waals surface area (Å²) < 4.78 is 48.7. The fraction of sp³-hybridized carbons (Fsp3) is 0.333. The van der Waals surface area contributed by atoms with Gasteiger partial charge < -0.3 is 14.8 Å². The molecule has 0 radical (unpaired) electrons. The monoisotopic (exact) mass is 327 g/mol. The van der Waals surface area contributed by atoms with Crippen LogP contribution in [0.3, 0.4) is 0 Å². The number of hydrogen-bond acceptors (Lipinski definition) is 5. The highest BCUT2D eigenvalue weighted by Gasteiger charge is 2.36. The van der Waals surface area contributed by atoms with E-state index in [1.807, 2.05) is 13.8 Å². The minimum atomic E-state index is -4.58. The van der Waals surface area contributed by atoms with Crippen molar-refractivity contribution in [3.8, 4) is 11.6 Å². The Bertz CT molecular complexity index is 675. The summed E-state index contributed by atoms with van der Waals surface area (Å²) in [6, 6.07) is 7.00. The van der Waals surface area contributed by atoms with Crippen molar-refractivity contribution < 1.29 is 22.6 Å². The van der Waals surface area contributed by atoms with Crippen LogP contribution in [0, 0.1) is 0 Å². The molecule has 0 aliphatic heterocycles. The summed E-state index contributed by atoms with van der Waals surface area (Å²) in [5.41, 5.74) is -0.486. The van der Waals surface area contributed by atoms with Crippen molar-refractivity contribution in [2.75, 3.05) is 12.4 Å². The molecule has 0 bridgehead atoms. The zero-order valence-electron chi connectivity index (χ0n) is 12.8. The van der Waals surface area contributed by atoms with E-state index in [4.69, 9.17) is 9.47 Å². The fourth-order valence-electron chi connectivity index (χ4n) is 1.82. The number of para-hydroxylation sites is 2. The molecule has 23 heavy (non-hydrogen) atoms. The molecule has 0 fully saturated rings. The summed E-state index contributed by atoms with van der Waals surface area (Å²) >= 11 is 0. The zero-order valence-corrected chi connectivity index (χ0v) is 12.8. The van der Waals surface area contributed by atoms with Gasteiger partial charge in [0, 0.05) is 6.20 Å². The van der Waals surface area contributed by atoms with Gasteiger partial charge in [0.05, 0.1) is 18.9 Å². The Hall–Kier alpha value is -2.51. The van der Waals surface area contributed by atoms with Crippen molar-refractivity contribution in [3.05, 3.63) is 36.0 Å². The number of methoxy groups -OCH3 is 1. The summed E-state index contributed by atoms with van der Waals surface area (Å²) in [5.74, 6) is -0.0168. The lowest BCUT2D eigenvalue weighted by molar-refractivity contribution is -0.139. The molecule has 0 amide bonds. The first-order chi connectivity index (χ1) is 10.8. The van der Waals surface area contributed by atoms with Crippen LogP contribution >= 0.6 is 0 Å². The molecule has 0 saturated heterocycles. The van der Waals surface area contributed by atoms with Gasteiger partial charge in [0.2, 0.25) is 11.8 Å². The quantitative estimate of drug-likeness (QED) is 0.898. The Balaban J connectivity index is 2.31. The Morgan fingerprint density at radius 1 is 1.17 bits per heavy atom. The molecule has 0 saturated carbocycles. The van der Waals surface area contributed by atoms with Crippen molar-refractivity contribution in [1.82, 2.24) is 9.97 Å². The predicted octanol–water partition coefficient (Wildman–Crippen LogP) is 4.03.